The van der Waals surface area contributed by atoms with E-state index in [1.54, 1.807) is 17.4 Å². The number of aromatic nitrogens is 3. The molecule has 5 aromatic rings. The second kappa shape index (κ2) is 13.1. The number of nitrogens with one attached hydrogen (secondary N) is 1. The fourth-order valence-electron chi connectivity index (χ4n) is 8.27. The molecule has 1 unspecified atom stereocenters. The molecule has 4 aliphatic rings. The van der Waals surface area contributed by atoms with E-state index in [-0.39, 0.29) is 18.2 Å². The molecular weight excluding hydrogens is 640 g/mol. The van der Waals surface area contributed by atoms with Crippen molar-refractivity contribution in [3.63, 3.8) is 0 Å². The minimum atomic E-state index is -0.678. The normalized spacial score (nSPS) is 19.9. The average Bonchev–Trinajstić information content (AvgIpc) is 3.78. The summed E-state index contributed by atoms with van der Waals surface area (Å²) in [6, 6.07) is 24.3. The molecule has 1 atom stereocenters. The highest BCUT2D eigenvalue weighted by molar-refractivity contribution is 6.27. The first-order valence-corrected chi connectivity index (χ1v) is 17.9. The van der Waals surface area contributed by atoms with E-state index in [2.05, 4.69) is 73.5 Å². The SMILES string of the molecule is O=C1CCC(N2C(=O)c3cccc4c(Cc5ccc(CN6CC(CN7CCN(c8cccc(-n9ccnc9)n8)CC7)C6)cc5)ccc2c34)C(=O)N1. The van der Waals surface area contributed by atoms with Gasteiger partial charge in [0, 0.05) is 82.1 Å². The van der Waals surface area contributed by atoms with E-state index in [0.29, 0.717) is 17.9 Å². The van der Waals surface area contributed by atoms with Gasteiger partial charge in [0.2, 0.25) is 11.8 Å². The zero-order valence-corrected chi connectivity index (χ0v) is 28.4. The minimum Gasteiger partial charge on any atom is -0.354 e. The number of pyridine rings is 1. The maximum absolute atomic E-state index is 13.5. The summed E-state index contributed by atoms with van der Waals surface area (Å²) in [7, 11) is 0. The van der Waals surface area contributed by atoms with Crippen LogP contribution in [0.5, 0.6) is 0 Å². The highest BCUT2D eigenvalue weighted by atomic mass is 16.2. The zero-order chi connectivity index (χ0) is 34.5. The van der Waals surface area contributed by atoms with E-state index in [4.69, 9.17) is 4.98 Å². The first kappa shape index (κ1) is 31.6. The van der Waals surface area contributed by atoms with Gasteiger partial charge in [-0.05, 0) is 65.1 Å². The molecule has 2 aromatic heterocycles. The summed E-state index contributed by atoms with van der Waals surface area (Å²) in [5.41, 5.74) is 5.05. The first-order chi connectivity index (χ1) is 25.0. The van der Waals surface area contributed by atoms with Crippen LogP contribution in [0.2, 0.25) is 0 Å². The molecule has 3 amide bonds. The molecule has 0 aliphatic carbocycles. The summed E-state index contributed by atoms with van der Waals surface area (Å²) >= 11 is 0. The van der Waals surface area contributed by atoms with Gasteiger partial charge in [-0.3, -0.25) is 39.0 Å². The van der Waals surface area contributed by atoms with Crippen molar-refractivity contribution < 1.29 is 14.4 Å². The van der Waals surface area contributed by atoms with Crippen LogP contribution in [-0.4, -0.2) is 93.9 Å². The van der Waals surface area contributed by atoms with Gasteiger partial charge >= 0.3 is 0 Å². The fourth-order valence-corrected chi connectivity index (χ4v) is 8.27. The number of hydrogen-bond acceptors (Lipinski definition) is 8. The first-order valence-electron chi connectivity index (χ1n) is 17.9. The van der Waals surface area contributed by atoms with Crippen LogP contribution in [0.3, 0.4) is 0 Å². The fraction of sp³-hybridized carbons (Fsp3) is 0.325. The summed E-state index contributed by atoms with van der Waals surface area (Å²) in [5, 5.41) is 4.32. The number of piperidine rings is 1. The highest BCUT2D eigenvalue weighted by Crippen LogP contribution is 2.41. The predicted octanol–water partition coefficient (Wildman–Crippen LogP) is 4.03. The van der Waals surface area contributed by atoms with E-state index >= 15 is 0 Å². The Labute approximate surface area is 296 Å². The summed E-state index contributed by atoms with van der Waals surface area (Å²) in [4.78, 5) is 56.0. The molecule has 3 aromatic carbocycles. The van der Waals surface area contributed by atoms with E-state index in [1.807, 2.05) is 35.0 Å². The number of carbonyl (C=O) groups is 3. The van der Waals surface area contributed by atoms with Gasteiger partial charge in [0.1, 0.15) is 24.0 Å². The molecule has 4 aliphatic heterocycles. The number of hydrogen-bond donors (Lipinski definition) is 1. The van der Waals surface area contributed by atoms with Gasteiger partial charge in [0.05, 0.1) is 5.69 Å². The molecule has 0 spiro atoms. The molecule has 11 heteroatoms. The number of amides is 3. The van der Waals surface area contributed by atoms with Crippen molar-refractivity contribution in [3.8, 4) is 5.82 Å². The van der Waals surface area contributed by atoms with E-state index < -0.39 is 11.9 Å². The molecule has 0 saturated carbocycles. The smallest absolute Gasteiger partial charge is 0.259 e. The number of carbonyl (C=O) groups excluding carboxylic acids is 3. The topological polar surface area (TPSA) is 107 Å². The molecule has 51 heavy (non-hydrogen) atoms. The van der Waals surface area contributed by atoms with Crippen molar-refractivity contribution in [2.75, 3.05) is 55.6 Å². The molecule has 3 fully saturated rings. The second-order valence-corrected chi connectivity index (χ2v) is 14.3. The van der Waals surface area contributed by atoms with Crippen molar-refractivity contribution in [2.45, 2.75) is 31.8 Å². The molecule has 258 valence electrons. The Hall–Kier alpha value is -5.39. The van der Waals surface area contributed by atoms with Crippen molar-refractivity contribution in [1.82, 2.24) is 29.7 Å². The number of imide groups is 1. The van der Waals surface area contributed by atoms with Crippen LogP contribution in [0.4, 0.5) is 11.5 Å². The van der Waals surface area contributed by atoms with E-state index in [0.717, 1.165) is 92.4 Å². The van der Waals surface area contributed by atoms with E-state index in [9.17, 15) is 14.4 Å². The molecule has 0 bridgehead atoms. The standard InChI is InChI=1S/C40H40N8O3/c49-37-14-13-34(39(50)43-37)48-33-12-11-30(31-3-1-4-32(38(31)33)40(48)51)21-27-7-9-28(10-8-27)22-45-24-29(25-45)23-44-17-19-46(20-18-44)35-5-2-6-36(42-35)47-16-15-41-26-47/h1-12,15-16,26,29,34H,13-14,17-25H2,(H,43,49,50). The van der Waals surface area contributed by atoms with Gasteiger partial charge in [0.15, 0.2) is 0 Å². The molecular formula is C40H40N8O3. The van der Waals surface area contributed by atoms with E-state index in [1.165, 1.54) is 11.1 Å². The van der Waals surface area contributed by atoms with Crippen LogP contribution in [0.15, 0.2) is 91.5 Å². The molecule has 6 heterocycles. The Morgan fingerprint density at radius 3 is 2.37 bits per heavy atom. The Bertz CT molecular complexity index is 2120. The van der Waals surface area contributed by atoms with Crippen molar-refractivity contribution in [2.24, 2.45) is 5.92 Å². The lowest BCUT2D eigenvalue weighted by molar-refractivity contribution is -0.134. The lowest BCUT2D eigenvalue weighted by Gasteiger charge is -2.44. The summed E-state index contributed by atoms with van der Waals surface area (Å²) < 4.78 is 1.94. The lowest BCUT2D eigenvalue weighted by atomic mass is 9.95. The third-order valence-corrected chi connectivity index (χ3v) is 10.9. The van der Waals surface area contributed by atoms with Crippen molar-refractivity contribution in [3.05, 3.63) is 114 Å². The van der Waals surface area contributed by atoms with Crippen LogP contribution in [0, 0.1) is 5.92 Å². The van der Waals surface area contributed by atoms with Gasteiger partial charge in [-0.1, -0.05) is 48.5 Å². The van der Waals surface area contributed by atoms with Gasteiger partial charge in [0.25, 0.3) is 5.91 Å². The Balaban J connectivity index is 0.775. The summed E-state index contributed by atoms with van der Waals surface area (Å²) in [6.45, 7) is 8.47. The number of rotatable bonds is 9. The van der Waals surface area contributed by atoms with Gasteiger partial charge in [-0.2, -0.15) is 0 Å². The van der Waals surface area contributed by atoms with Crippen LogP contribution < -0.4 is 15.1 Å². The molecule has 0 radical (unpaired) electrons. The minimum absolute atomic E-state index is 0.177. The maximum Gasteiger partial charge on any atom is 0.259 e. The molecule has 9 rings (SSSR count). The van der Waals surface area contributed by atoms with Crippen LogP contribution in [0.25, 0.3) is 16.6 Å². The summed E-state index contributed by atoms with van der Waals surface area (Å²) in [5.74, 6) is 1.76. The lowest BCUT2D eigenvalue weighted by Crippen LogP contribution is -2.54. The number of anilines is 2. The average molecular weight is 681 g/mol. The quantitative estimate of drug-likeness (QED) is 0.233. The summed E-state index contributed by atoms with van der Waals surface area (Å²) in [6.07, 6.45) is 6.79. The predicted molar refractivity (Wildman–Crippen MR) is 195 cm³/mol. The van der Waals surface area contributed by atoms with Crippen LogP contribution in [-0.2, 0) is 22.6 Å². The molecule has 11 nitrogen and oxygen atoms in total. The maximum atomic E-state index is 13.5. The number of imidazole rings is 1. The third-order valence-electron chi connectivity index (χ3n) is 10.9. The Kier molecular flexibility index (Phi) is 8.09. The number of likely N-dealkylation sites (tertiary alicyclic amines) is 1. The number of nitrogens with zero attached hydrogens (tertiary/aromatic N) is 7. The third kappa shape index (κ3) is 6.06. The molecule has 1 N–H and O–H groups in total. The number of benzene rings is 3. The largest absolute Gasteiger partial charge is 0.354 e. The van der Waals surface area contributed by atoms with Gasteiger partial charge < -0.3 is 4.90 Å². The van der Waals surface area contributed by atoms with Crippen LogP contribution in [0.1, 0.15) is 39.9 Å². The highest BCUT2D eigenvalue weighted by Gasteiger charge is 2.41. The Morgan fingerprint density at radius 2 is 1.59 bits per heavy atom. The number of piperazine rings is 1. The second-order valence-electron chi connectivity index (χ2n) is 14.3. The van der Waals surface area contributed by atoms with Gasteiger partial charge in [-0.25, -0.2) is 9.97 Å². The van der Waals surface area contributed by atoms with Crippen molar-refractivity contribution >= 4 is 40.0 Å². The monoisotopic (exact) mass is 680 g/mol. The van der Waals surface area contributed by atoms with Crippen molar-refractivity contribution in [1.29, 1.82) is 0 Å². The Morgan fingerprint density at radius 1 is 0.804 bits per heavy atom. The molecule has 3 saturated heterocycles. The van der Waals surface area contributed by atoms with Gasteiger partial charge in [-0.15, -0.1) is 0 Å². The van der Waals surface area contributed by atoms with Crippen LogP contribution >= 0.6 is 0 Å². The zero-order valence-electron chi connectivity index (χ0n) is 28.4.